The number of anilines is 1. The maximum atomic E-state index is 8.69. The molecule has 0 fully saturated rings. The molecule has 0 aliphatic rings. The van der Waals surface area contributed by atoms with Gasteiger partial charge < -0.3 is 15.2 Å². The minimum absolute atomic E-state index is 0.524. The fourth-order valence-electron chi connectivity index (χ4n) is 1.75. The van der Waals surface area contributed by atoms with Gasteiger partial charge in [0.1, 0.15) is 11.9 Å². The summed E-state index contributed by atoms with van der Waals surface area (Å²) < 4.78 is 2.08. The van der Waals surface area contributed by atoms with Crippen LogP contribution < -0.4 is 10.6 Å². The van der Waals surface area contributed by atoms with Gasteiger partial charge in [0, 0.05) is 38.1 Å². The Morgan fingerprint density at radius 3 is 2.90 bits per heavy atom. The highest BCUT2D eigenvalue weighted by atomic mass is 32.1. The lowest BCUT2D eigenvalue weighted by molar-refractivity contribution is 0.777. The predicted octanol–water partition coefficient (Wildman–Crippen LogP) is 1.82. The summed E-state index contributed by atoms with van der Waals surface area (Å²) in [5.41, 5.74) is 1.77. The number of thiocarbonyl (C=S) groups is 1. The molecule has 0 saturated heterocycles. The van der Waals surface area contributed by atoms with Gasteiger partial charge in [-0.05, 0) is 36.5 Å². The van der Waals surface area contributed by atoms with Crippen molar-refractivity contribution in [1.29, 1.82) is 5.26 Å². The van der Waals surface area contributed by atoms with Gasteiger partial charge in [-0.25, -0.2) is 4.98 Å². The predicted molar refractivity (Wildman–Crippen MR) is 82.3 cm³/mol. The van der Waals surface area contributed by atoms with Crippen LogP contribution in [-0.4, -0.2) is 21.2 Å². The second-order valence-corrected chi connectivity index (χ2v) is 4.69. The van der Waals surface area contributed by atoms with Gasteiger partial charge in [0.25, 0.3) is 0 Å². The Morgan fingerprint density at radius 1 is 1.45 bits per heavy atom. The average Bonchev–Trinajstić information content (AvgIpc) is 2.85. The van der Waals surface area contributed by atoms with E-state index in [1.54, 1.807) is 12.1 Å². The quantitative estimate of drug-likeness (QED) is 0.839. The molecular weight excluding hydrogens is 270 g/mol. The van der Waals surface area contributed by atoms with Crippen LogP contribution >= 0.6 is 12.2 Å². The van der Waals surface area contributed by atoms with E-state index in [-0.39, 0.29) is 0 Å². The first kappa shape index (κ1) is 14.0. The van der Waals surface area contributed by atoms with Gasteiger partial charge in [0.05, 0.1) is 5.56 Å². The highest BCUT2D eigenvalue weighted by molar-refractivity contribution is 7.80. The van der Waals surface area contributed by atoms with Gasteiger partial charge in [0.2, 0.25) is 0 Å². The largest absolute Gasteiger partial charge is 0.362 e. The zero-order valence-corrected chi connectivity index (χ0v) is 11.9. The van der Waals surface area contributed by atoms with Crippen molar-refractivity contribution in [3.63, 3.8) is 0 Å². The van der Waals surface area contributed by atoms with Crippen molar-refractivity contribution in [1.82, 2.24) is 14.9 Å². The Morgan fingerprint density at radius 2 is 2.30 bits per heavy atom. The molecule has 0 radical (unpaired) electrons. The van der Waals surface area contributed by atoms with Crippen molar-refractivity contribution in [2.24, 2.45) is 7.05 Å². The lowest BCUT2D eigenvalue weighted by atomic mass is 10.3. The smallest absolute Gasteiger partial charge is 0.171 e. The second kappa shape index (κ2) is 6.68. The van der Waals surface area contributed by atoms with Crippen LogP contribution in [0.15, 0.2) is 36.7 Å². The molecule has 102 valence electrons. The first-order chi connectivity index (χ1) is 9.69. The third-order valence-electron chi connectivity index (χ3n) is 2.85. The van der Waals surface area contributed by atoms with E-state index in [9.17, 15) is 0 Å². The third-order valence-corrected chi connectivity index (χ3v) is 3.10. The van der Waals surface area contributed by atoms with Crippen molar-refractivity contribution < 1.29 is 0 Å². The summed E-state index contributed by atoms with van der Waals surface area (Å²) in [6.07, 6.45) is 4.42. The molecule has 20 heavy (non-hydrogen) atoms. The molecule has 0 aromatic carbocycles. The SMILES string of the molecule is Cn1cccc1CCNC(=S)Nc1ccc(C#N)cn1. The number of hydrogen-bond acceptors (Lipinski definition) is 3. The molecule has 6 heteroatoms. The molecule has 2 aromatic heterocycles. The number of nitrogens with one attached hydrogen (secondary N) is 2. The Kier molecular flexibility index (Phi) is 4.69. The van der Waals surface area contributed by atoms with Crippen LogP contribution in [0.1, 0.15) is 11.3 Å². The van der Waals surface area contributed by atoms with E-state index in [1.165, 1.54) is 11.9 Å². The molecule has 0 atom stereocenters. The van der Waals surface area contributed by atoms with Crippen molar-refractivity contribution >= 4 is 23.1 Å². The zero-order chi connectivity index (χ0) is 14.4. The summed E-state index contributed by atoms with van der Waals surface area (Å²) in [5, 5.41) is 15.3. The minimum Gasteiger partial charge on any atom is -0.362 e. The van der Waals surface area contributed by atoms with Crippen LogP contribution in [0.4, 0.5) is 5.82 Å². The van der Waals surface area contributed by atoms with Gasteiger partial charge >= 0.3 is 0 Å². The Balaban J connectivity index is 1.78. The summed E-state index contributed by atoms with van der Waals surface area (Å²) in [4.78, 5) is 4.10. The minimum atomic E-state index is 0.524. The van der Waals surface area contributed by atoms with Crippen molar-refractivity contribution in [3.8, 4) is 6.07 Å². The molecule has 2 N–H and O–H groups in total. The van der Waals surface area contributed by atoms with Crippen LogP contribution in [0.5, 0.6) is 0 Å². The van der Waals surface area contributed by atoms with E-state index >= 15 is 0 Å². The molecular formula is C14H15N5S. The van der Waals surface area contributed by atoms with E-state index in [4.69, 9.17) is 17.5 Å². The molecule has 0 aliphatic heterocycles. The summed E-state index contributed by atoms with van der Waals surface area (Å²) in [5.74, 6) is 0.625. The molecule has 0 unspecified atom stereocenters. The standard InChI is InChI=1S/C14H15N5S/c1-19-8-2-3-12(19)6-7-16-14(20)18-13-5-4-11(9-15)10-17-13/h2-5,8,10H,6-7H2,1H3,(H2,16,17,18,20). The van der Waals surface area contributed by atoms with Gasteiger partial charge in [0.15, 0.2) is 5.11 Å². The van der Waals surface area contributed by atoms with Gasteiger partial charge in [-0.2, -0.15) is 5.26 Å². The van der Waals surface area contributed by atoms with E-state index < -0.39 is 0 Å². The topological polar surface area (TPSA) is 65.7 Å². The molecule has 0 bridgehead atoms. The summed E-state index contributed by atoms with van der Waals surface area (Å²) in [6.45, 7) is 0.750. The number of nitrogens with zero attached hydrogens (tertiary/aromatic N) is 3. The normalized spacial score (nSPS) is 9.80. The number of hydrogen-bond donors (Lipinski definition) is 2. The molecule has 0 saturated carbocycles. The summed E-state index contributed by atoms with van der Waals surface area (Å²) in [6, 6.07) is 9.55. The highest BCUT2D eigenvalue weighted by Crippen LogP contribution is 2.04. The molecule has 2 rings (SSSR count). The lowest BCUT2D eigenvalue weighted by Crippen LogP contribution is -2.30. The van der Waals surface area contributed by atoms with Crippen LogP contribution in [-0.2, 0) is 13.5 Å². The first-order valence-electron chi connectivity index (χ1n) is 6.20. The van der Waals surface area contributed by atoms with Crippen molar-refractivity contribution in [2.75, 3.05) is 11.9 Å². The Labute approximate surface area is 123 Å². The summed E-state index contributed by atoms with van der Waals surface area (Å²) >= 11 is 5.19. The fourth-order valence-corrected chi connectivity index (χ4v) is 1.96. The van der Waals surface area contributed by atoms with Gasteiger partial charge in [-0.1, -0.05) is 0 Å². The molecule has 0 aliphatic carbocycles. The zero-order valence-electron chi connectivity index (χ0n) is 11.1. The number of aryl methyl sites for hydroxylation is 1. The van der Waals surface area contributed by atoms with E-state index in [1.807, 2.05) is 25.4 Å². The summed E-state index contributed by atoms with van der Waals surface area (Å²) in [7, 11) is 2.02. The third kappa shape index (κ3) is 3.80. The number of aromatic nitrogens is 2. The monoisotopic (exact) mass is 285 g/mol. The van der Waals surface area contributed by atoms with E-state index in [0.717, 1.165) is 13.0 Å². The Hall–Kier alpha value is -2.39. The van der Waals surface area contributed by atoms with Gasteiger partial charge in [-0.3, -0.25) is 0 Å². The second-order valence-electron chi connectivity index (χ2n) is 4.29. The van der Waals surface area contributed by atoms with E-state index in [2.05, 4.69) is 26.3 Å². The van der Waals surface area contributed by atoms with Crippen LogP contribution in [0.2, 0.25) is 0 Å². The van der Waals surface area contributed by atoms with Crippen LogP contribution in [0.25, 0.3) is 0 Å². The van der Waals surface area contributed by atoms with Crippen molar-refractivity contribution in [2.45, 2.75) is 6.42 Å². The number of rotatable bonds is 4. The molecule has 0 spiro atoms. The maximum absolute atomic E-state index is 8.69. The first-order valence-corrected chi connectivity index (χ1v) is 6.61. The average molecular weight is 285 g/mol. The van der Waals surface area contributed by atoms with Crippen molar-refractivity contribution in [3.05, 3.63) is 47.9 Å². The fraction of sp³-hybridized carbons (Fsp3) is 0.214. The van der Waals surface area contributed by atoms with Gasteiger partial charge in [-0.15, -0.1) is 0 Å². The molecule has 5 nitrogen and oxygen atoms in total. The number of pyridine rings is 1. The van der Waals surface area contributed by atoms with Crippen LogP contribution in [0.3, 0.4) is 0 Å². The van der Waals surface area contributed by atoms with E-state index in [0.29, 0.717) is 16.5 Å². The lowest BCUT2D eigenvalue weighted by Gasteiger charge is -2.10. The highest BCUT2D eigenvalue weighted by Gasteiger charge is 2.00. The van der Waals surface area contributed by atoms with Crippen LogP contribution in [0, 0.1) is 11.3 Å². The Bertz CT molecular complexity index is 624. The molecule has 2 aromatic rings. The molecule has 2 heterocycles. The molecule has 0 amide bonds. The maximum Gasteiger partial charge on any atom is 0.171 e. The number of nitriles is 1.